The van der Waals surface area contributed by atoms with Gasteiger partial charge in [0.25, 0.3) is 0 Å². The summed E-state index contributed by atoms with van der Waals surface area (Å²) in [5.41, 5.74) is 4.28. The fourth-order valence-corrected chi connectivity index (χ4v) is 3.40. The van der Waals surface area contributed by atoms with E-state index in [1.807, 2.05) is 60.9 Å². The first-order valence-electron chi connectivity index (χ1n) is 8.45. The van der Waals surface area contributed by atoms with Crippen molar-refractivity contribution in [2.45, 2.75) is 12.8 Å². The molecule has 2 heterocycles. The molecule has 0 aliphatic rings. The fraction of sp³-hybridized carbons (Fsp3) is 0.136. The van der Waals surface area contributed by atoms with Crippen LogP contribution < -0.4 is 0 Å². The van der Waals surface area contributed by atoms with Crippen molar-refractivity contribution in [1.82, 2.24) is 9.97 Å². The summed E-state index contributed by atoms with van der Waals surface area (Å²) >= 11 is 0. The van der Waals surface area contributed by atoms with Gasteiger partial charge in [-0.25, -0.2) is 0 Å². The molecular weight excluding hydrogens is 308 g/mol. The lowest BCUT2D eigenvalue weighted by molar-refractivity contribution is -0.111. The number of fused-ring (bicyclic) bond motifs is 2. The standard InChI is InChI=1S/C22H18N2O/c25-15-16(13-17-9-11-23-21-7-3-1-5-19(17)21)14-18-10-12-24-22-8-4-2-6-20(18)22/h1-12,15-16H,13-14H2. The van der Waals surface area contributed by atoms with Crippen molar-refractivity contribution in [1.29, 1.82) is 0 Å². The molecular formula is C22H18N2O. The van der Waals surface area contributed by atoms with Crippen LogP contribution in [0.15, 0.2) is 73.1 Å². The highest BCUT2D eigenvalue weighted by Crippen LogP contribution is 2.23. The van der Waals surface area contributed by atoms with Crippen molar-refractivity contribution >= 4 is 28.1 Å². The minimum absolute atomic E-state index is 0.0726. The molecule has 0 atom stereocenters. The van der Waals surface area contributed by atoms with Crippen molar-refractivity contribution < 1.29 is 4.79 Å². The lowest BCUT2D eigenvalue weighted by Gasteiger charge is -2.13. The molecule has 0 amide bonds. The molecule has 0 unspecified atom stereocenters. The summed E-state index contributed by atoms with van der Waals surface area (Å²) in [5, 5.41) is 2.24. The second-order valence-corrected chi connectivity index (χ2v) is 6.28. The van der Waals surface area contributed by atoms with Crippen LogP contribution in [-0.2, 0) is 17.6 Å². The van der Waals surface area contributed by atoms with Crippen LogP contribution in [0.3, 0.4) is 0 Å². The van der Waals surface area contributed by atoms with Gasteiger partial charge in [0.05, 0.1) is 11.0 Å². The molecule has 4 aromatic rings. The zero-order valence-electron chi connectivity index (χ0n) is 13.8. The van der Waals surface area contributed by atoms with E-state index in [4.69, 9.17) is 0 Å². The Morgan fingerprint density at radius 2 is 1.20 bits per heavy atom. The van der Waals surface area contributed by atoms with Crippen LogP contribution in [0.4, 0.5) is 0 Å². The fourth-order valence-electron chi connectivity index (χ4n) is 3.40. The Balaban J connectivity index is 1.65. The Morgan fingerprint density at radius 3 is 1.68 bits per heavy atom. The number of rotatable bonds is 5. The average molecular weight is 326 g/mol. The number of benzene rings is 2. The number of para-hydroxylation sites is 2. The van der Waals surface area contributed by atoms with Crippen LogP contribution in [-0.4, -0.2) is 16.3 Å². The summed E-state index contributed by atoms with van der Waals surface area (Å²) in [6.45, 7) is 0. The number of aldehydes is 1. The van der Waals surface area contributed by atoms with Crippen LogP contribution in [0, 0.1) is 5.92 Å². The Labute approximate surface area is 146 Å². The van der Waals surface area contributed by atoms with Crippen molar-refractivity contribution in [3.8, 4) is 0 Å². The number of hydrogen-bond acceptors (Lipinski definition) is 3. The van der Waals surface area contributed by atoms with Crippen LogP contribution in [0.25, 0.3) is 21.8 Å². The lowest BCUT2D eigenvalue weighted by Crippen LogP contribution is -2.11. The maximum atomic E-state index is 11.8. The molecule has 0 radical (unpaired) electrons. The van der Waals surface area contributed by atoms with Gasteiger partial charge in [-0.2, -0.15) is 0 Å². The topological polar surface area (TPSA) is 42.9 Å². The van der Waals surface area contributed by atoms with Crippen LogP contribution in [0.2, 0.25) is 0 Å². The SMILES string of the molecule is O=CC(Cc1ccnc2ccccc12)Cc1ccnc2ccccc12. The van der Waals surface area contributed by atoms with E-state index < -0.39 is 0 Å². The zero-order chi connectivity index (χ0) is 17.1. The van der Waals surface area contributed by atoms with Crippen molar-refractivity contribution in [2.75, 3.05) is 0 Å². The molecule has 25 heavy (non-hydrogen) atoms. The molecule has 0 fully saturated rings. The number of aromatic nitrogens is 2. The third kappa shape index (κ3) is 3.13. The maximum absolute atomic E-state index is 11.8. The third-order valence-corrected chi connectivity index (χ3v) is 4.64. The highest BCUT2D eigenvalue weighted by atomic mass is 16.1. The first kappa shape index (κ1) is 15.5. The molecule has 3 heteroatoms. The predicted molar refractivity (Wildman–Crippen MR) is 100 cm³/mol. The summed E-state index contributed by atoms with van der Waals surface area (Å²) < 4.78 is 0. The molecule has 0 aliphatic heterocycles. The quantitative estimate of drug-likeness (QED) is 0.511. The summed E-state index contributed by atoms with van der Waals surface area (Å²) in [6.07, 6.45) is 6.14. The molecule has 2 aromatic heterocycles. The molecule has 3 nitrogen and oxygen atoms in total. The van der Waals surface area contributed by atoms with E-state index in [9.17, 15) is 4.79 Å². The monoisotopic (exact) mass is 326 g/mol. The Hall–Kier alpha value is -3.07. The van der Waals surface area contributed by atoms with Crippen molar-refractivity contribution in [3.63, 3.8) is 0 Å². The van der Waals surface area contributed by atoms with Gasteiger partial charge in [0.15, 0.2) is 0 Å². The van der Waals surface area contributed by atoms with Gasteiger partial charge >= 0.3 is 0 Å². The number of nitrogens with zero attached hydrogens (tertiary/aromatic N) is 2. The molecule has 0 aliphatic carbocycles. The van der Waals surface area contributed by atoms with Crippen LogP contribution in [0.5, 0.6) is 0 Å². The predicted octanol–water partition coefficient (Wildman–Crippen LogP) is 4.38. The van der Waals surface area contributed by atoms with E-state index in [0.717, 1.165) is 28.1 Å². The number of pyridine rings is 2. The van der Waals surface area contributed by atoms with Gasteiger partial charge < -0.3 is 4.79 Å². The van der Waals surface area contributed by atoms with Gasteiger partial charge in [-0.15, -0.1) is 0 Å². The van der Waals surface area contributed by atoms with Gasteiger partial charge in [-0.05, 0) is 48.2 Å². The Morgan fingerprint density at radius 1 is 0.720 bits per heavy atom. The molecule has 0 saturated heterocycles. The first-order chi connectivity index (χ1) is 12.3. The van der Waals surface area contributed by atoms with Crippen molar-refractivity contribution in [2.24, 2.45) is 5.92 Å². The van der Waals surface area contributed by atoms with E-state index in [0.29, 0.717) is 12.8 Å². The van der Waals surface area contributed by atoms with Gasteiger partial charge in [0.1, 0.15) is 6.29 Å². The highest BCUT2D eigenvalue weighted by molar-refractivity contribution is 5.83. The molecule has 0 saturated carbocycles. The molecule has 0 spiro atoms. The van der Waals surface area contributed by atoms with E-state index in [1.54, 1.807) is 0 Å². The number of hydrogen-bond donors (Lipinski definition) is 0. The molecule has 2 aromatic carbocycles. The van der Waals surface area contributed by atoms with Crippen LogP contribution >= 0.6 is 0 Å². The normalized spacial score (nSPS) is 11.2. The molecule has 122 valence electrons. The minimum atomic E-state index is -0.0726. The largest absolute Gasteiger partial charge is 0.303 e. The van der Waals surface area contributed by atoms with Crippen LogP contribution in [0.1, 0.15) is 11.1 Å². The second kappa shape index (κ2) is 6.81. The smallest absolute Gasteiger partial charge is 0.123 e. The minimum Gasteiger partial charge on any atom is -0.303 e. The number of carbonyl (C=O) groups is 1. The van der Waals surface area contributed by atoms with E-state index in [1.165, 1.54) is 11.1 Å². The number of carbonyl (C=O) groups excluding carboxylic acids is 1. The Kier molecular flexibility index (Phi) is 4.21. The van der Waals surface area contributed by atoms with Gasteiger partial charge in [0, 0.05) is 29.1 Å². The summed E-state index contributed by atoms with van der Waals surface area (Å²) in [6, 6.07) is 20.2. The van der Waals surface area contributed by atoms with Gasteiger partial charge in [-0.3, -0.25) is 9.97 Å². The molecule has 0 bridgehead atoms. The van der Waals surface area contributed by atoms with E-state index >= 15 is 0 Å². The molecule has 0 N–H and O–H groups in total. The summed E-state index contributed by atoms with van der Waals surface area (Å²) in [7, 11) is 0. The lowest BCUT2D eigenvalue weighted by atomic mass is 9.91. The van der Waals surface area contributed by atoms with Gasteiger partial charge in [-0.1, -0.05) is 36.4 Å². The summed E-state index contributed by atoms with van der Waals surface area (Å²) in [5.74, 6) is -0.0726. The highest BCUT2D eigenvalue weighted by Gasteiger charge is 2.14. The first-order valence-corrected chi connectivity index (χ1v) is 8.45. The maximum Gasteiger partial charge on any atom is 0.123 e. The van der Waals surface area contributed by atoms with E-state index in [-0.39, 0.29) is 5.92 Å². The third-order valence-electron chi connectivity index (χ3n) is 4.64. The van der Waals surface area contributed by atoms with Crippen molar-refractivity contribution in [3.05, 3.63) is 84.2 Å². The van der Waals surface area contributed by atoms with E-state index in [2.05, 4.69) is 22.1 Å². The van der Waals surface area contributed by atoms with Gasteiger partial charge in [0.2, 0.25) is 0 Å². The zero-order valence-corrected chi connectivity index (χ0v) is 13.8. The summed E-state index contributed by atoms with van der Waals surface area (Å²) in [4.78, 5) is 20.6. The molecule has 4 rings (SSSR count). The Bertz CT molecular complexity index is 950. The average Bonchev–Trinajstić information content (AvgIpc) is 2.68. The second-order valence-electron chi connectivity index (χ2n) is 6.28.